The highest BCUT2D eigenvalue weighted by Gasteiger charge is 2.29. The van der Waals surface area contributed by atoms with Crippen LogP contribution >= 0.6 is 0 Å². The Morgan fingerprint density at radius 1 is 1.18 bits per heavy atom. The van der Waals surface area contributed by atoms with E-state index < -0.39 is 0 Å². The lowest BCUT2D eigenvalue weighted by atomic mass is 9.93. The fraction of sp³-hybridized carbons (Fsp3) is 0.316. The van der Waals surface area contributed by atoms with E-state index in [1.807, 2.05) is 25.1 Å². The van der Waals surface area contributed by atoms with E-state index in [9.17, 15) is 4.79 Å². The molecule has 3 heteroatoms. The largest absolute Gasteiger partial charge is 0.325 e. The number of rotatable bonds is 5. The minimum absolute atomic E-state index is 0.00119. The van der Waals surface area contributed by atoms with E-state index in [4.69, 9.17) is 5.73 Å². The molecule has 3 rings (SSSR count). The smallest absolute Gasteiger partial charge is 0.231 e. The molecule has 2 aromatic rings. The standard InChI is InChI=1S/C19H22N2O/c1-2-15-16-12-14(9-11-18(16)21-19(15)22)17(20)10-8-13-6-4-3-5-7-13/h3-7,9,11-12,15,17H,2,8,10,20H2,1H3,(H,21,22). The first-order valence-electron chi connectivity index (χ1n) is 7.93. The van der Waals surface area contributed by atoms with E-state index in [1.54, 1.807) is 0 Å². The van der Waals surface area contributed by atoms with Crippen LogP contribution in [0.25, 0.3) is 0 Å². The number of aryl methyl sites for hydroxylation is 1. The van der Waals surface area contributed by atoms with Gasteiger partial charge in [0.2, 0.25) is 5.91 Å². The van der Waals surface area contributed by atoms with Crippen molar-refractivity contribution in [3.63, 3.8) is 0 Å². The lowest BCUT2D eigenvalue weighted by molar-refractivity contribution is -0.117. The zero-order chi connectivity index (χ0) is 15.5. The second-order valence-corrected chi connectivity index (χ2v) is 5.93. The summed E-state index contributed by atoms with van der Waals surface area (Å²) in [7, 11) is 0. The van der Waals surface area contributed by atoms with Crippen LogP contribution in [0.1, 0.15) is 48.4 Å². The van der Waals surface area contributed by atoms with Crippen LogP contribution in [0.4, 0.5) is 5.69 Å². The maximum absolute atomic E-state index is 11.9. The van der Waals surface area contributed by atoms with Crippen LogP contribution in [-0.4, -0.2) is 5.91 Å². The van der Waals surface area contributed by atoms with Gasteiger partial charge in [-0.3, -0.25) is 4.79 Å². The Hall–Kier alpha value is -2.13. The summed E-state index contributed by atoms with van der Waals surface area (Å²) < 4.78 is 0. The summed E-state index contributed by atoms with van der Waals surface area (Å²) in [6.45, 7) is 2.04. The minimum Gasteiger partial charge on any atom is -0.325 e. The predicted octanol–water partition coefficient (Wildman–Crippen LogP) is 3.76. The fourth-order valence-corrected chi connectivity index (χ4v) is 3.11. The highest BCUT2D eigenvalue weighted by atomic mass is 16.2. The van der Waals surface area contributed by atoms with Crippen molar-refractivity contribution >= 4 is 11.6 Å². The van der Waals surface area contributed by atoms with Gasteiger partial charge < -0.3 is 11.1 Å². The van der Waals surface area contributed by atoms with Gasteiger partial charge >= 0.3 is 0 Å². The maximum Gasteiger partial charge on any atom is 0.231 e. The molecule has 0 saturated heterocycles. The van der Waals surface area contributed by atoms with Crippen LogP contribution < -0.4 is 11.1 Å². The van der Waals surface area contributed by atoms with Crippen molar-refractivity contribution < 1.29 is 4.79 Å². The van der Waals surface area contributed by atoms with Crippen molar-refractivity contribution in [1.29, 1.82) is 0 Å². The minimum atomic E-state index is -0.0312. The van der Waals surface area contributed by atoms with E-state index in [0.717, 1.165) is 36.1 Å². The molecular weight excluding hydrogens is 272 g/mol. The van der Waals surface area contributed by atoms with Crippen LogP contribution in [-0.2, 0) is 11.2 Å². The Bertz CT molecular complexity index is 666. The number of amides is 1. The second kappa shape index (κ2) is 6.32. The number of nitrogens with two attached hydrogens (primary N) is 1. The van der Waals surface area contributed by atoms with Crippen LogP contribution in [0, 0.1) is 0 Å². The molecule has 2 atom stereocenters. The molecule has 2 unspecified atom stereocenters. The number of nitrogens with one attached hydrogen (secondary N) is 1. The second-order valence-electron chi connectivity index (χ2n) is 5.93. The molecule has 114 valence electrons. The monoisotopic (exact) mass is 294 g/mol. The molecule has 0 saturated carbocycles. The Balaban J connectivity index is 1.73. The van der Waals surface area contributed by atoms with E-state index in [1.165, 1.54) is 5.56 Å². The Labute approximate surface area is 131 Å². The van der Waals surface area contributed by atoms with Gasteiger partial charge in [0, 0.05) is 11.7 Å². The third-order valence-electron chi connectivity index (χ3n) is 4.45. The van der Waals surface area contributed by atoms with Gasteiger partial charge in [-0.2, -0.15) is 0 Å². The maximum atomic E-state index is 11.9. The normalized spacial score (nSPS) is 17.9. The van der Waals surface area contributed by atoms with Crippen molar-refractivity contribution in [2.75, 3.05) is 5.32 Å². The Morgan fingerprint density at radius 3 is 2.68 bits per heavy atom. The fourth-order valence-electron chi connectivity index (χ4n) is 3.11. The number of carbonyl (C=O) groups is 1. The van der Waals surface area contributed by atoms with Gasteiger partial charge in [-0.05, 0) is 42.0 Å². The van der Waals surface area contributed by atoms with Gasteiger partial charge in [-0.25, -0.2) is 0 Å². The highest BCUT2D eigenvalue weighted by molar-refractivity contribution is 6.02. The summed E-state index contributed by atoms with van der Waals surface area (Å²) in [6, 6.07) is 16.5. The number of benzene rings is 2. The van der Waals surface area contributed by atoms with Crippen LogP contribution in [0.15, 0.2) is 48.5 Å². The van der Waals surface area contributed by atoms with E-state index in [2.05, 4.69) is 35.6 Å². The molecular formula is C19H22N2O. The zero-order valence-electron chi connectivity index (χ0n) is 12.9. The molecule has 0 bridgehead atoms. The molecule has 0 aromatic heterocycles. The molecule has 22 heavy (non-hydrogen) atoms. The van der Waals surface area contributed by atoms with Crippen molar-refractivity contribution in [3.8, 4) is 0 Å². The van der Waals surface area contributed by atoms with Crippen molar-refractivity contribution in [1.82, 2.24) is 0 Å². The van der Waals surface area contributed by atoms with Gasteiger partial charge in [0.05, 0.1) is 5.92 Å². The summed E-state index contributed by atoms with van der Waals surface area (Å²) in [5.74, 6) is 0.0729. The van der Waals surface area contributed by atoms with E-state index >= 15 is 0 Å². The number of fused-ring (bicyclic) bond motifs is 1. The Kier molecular flexibility index (Phi) is 4.25. The lowest BCUT2D eigenvalue weighted by Crippen LogP contribution is -2.12. The molecule has 1 heterocycles. The summed E-state index contributed by atoms with van der Waals surface area (Å²) in [5.41, 5.74) is 10.8. The molecule has 1 aliphatic rings. The highest BCUT2D eigenvalue weighted by Crippen LogP contribution is 2.36. The quantitative estimate of drug-likeness (QED) is 0.882. The van der Waals surface area contributed by atoms with Gasteiger partial charge in [0.25, 0.3) is 0 Å². The first-order chi connectivity index (χ1) is 10.7. The summed E-state index contributed by atoms with van der Waals surface area (Å²) in [6.07, 6.45) is 2.69. The zero-order valence-corrected chi connectivity index (χ0v) is 12.9. The lowest BCUT2D eigenvalue weighted by Gasteiger charge is -2.14. The molecule has 1 aliphatic heterocycles. The van der Waals surface area contributed by atoms with Crippen molar-refractivity contribution in [2.24, 2.45) is 5.73 Å². The molecule has 3 N–H and O–H groups in total. The third-order valence-corrected chi connectivity index (χ3v) is 4.45. The third kappa shape index (κ3) is 2.90. The molecule has 0 spiro atoms. The molecule has 2 aromatic carbocycles. The van der Waals surface area contributed by atoms with Crippen molar-refractivity contribution in [2.45, 2.75) is 38.1 Å². The summed E-state index contributed by atoms with van der Waals surface area (Å²) in [4.78, 5) is 11.9. The average molecular weight is 294 g/mol. The number of hydrogen-bond acceptors (Lipinski definition) is 2. The first kappa shape index (κ1) is 14.8. The van der Waals surface area contributed by atoms with Crippen LogP contribution in [0.2, 0.25) is 0 Å². The summed E-state index contributed by atoms with van der Waals surface area (Å²) in [5, 5.41) is 2.94. The molecule has 1 amide bonds. The Morgan fingerprint density at radius 2 is 1.95 bits per heavy atom. The van der Waals surface area contributed by atoms with Gasteiger partial charge in [-0.15, -0.1) is 0 Å². The average Bonchev–Trinajstić information content (AvgIpc) is 2.87. The van der Waals surface area contributed by atoms with Crippen LogP contribution in [0.3, 0.4) is 0 Å². The van der Waals surface area contributed by atoms with E-state index in [0.29, 0.717) is 0 Å². The van der Waals surface area contributed by atoms with Crippen molar-refractivity contribution in [3.05, 3.63) is 65.2 Å². The number of carbonyl (C=O) groups excluding carboxylic acids is 1. The van der Waals surface area contributed by atoms with E-state index in [-0.39, 0.29) is 17.9 Å². The molecule has 0 fully saturated rings. The number of anilines is 1. The van der Waals surface area contributed by atoms with Gasteiger partial charge in [-0.1, -0.05) is 49.4 Å². The topological polar surface area (TPSA) is 55.1 Å². The number of hydrogen-bond donors (Lipinski definition) is 2. The predicted molar refractivity (Wildman–Crippen MR) is 89.8 cm³/mol. The molecule has 0 aliphatic carbocycles. The first-order valence-corrected chi connectivity index (χ1v) is 7.93. The van der Waals surface area contributed by atoms with Gasteiger partial charge in [0.15, 0.2) is 0 Å². The molecule has 0 radical (unpaired) electrons. The van der Waals surface area contributed by atoms with Gasteiger partial charge in [0.1, 0.15) is 0 Å². The van der Waals surface area contributed by atoms with Crippen LogP contribution in [0.5, 0.6) is 0 Å². The SMILES string of the molecule is CCC1C(=O)Nc2ccc(C(N)CCc3ccccc3)cc21. The molecule has 3 nitrogen and oxygen atoms in total. The summed E-state index contributed by atoms with van der Waals surface area (Å²) >= 11 is 0.